The zero-order valence-corrected chi connectivity index (χ0v) is 24.6. The second kappa shape index (κ2) is 14.5. The number of para-hydroxylation sites is 2. The third kappa shape index (κ3) is 9.38. The van der Waals surface area contributed by atoms with Gasteiger partial charge in [-0.2, -0.15) is 0 Å². The molecule has 4 aromatic rings. The molecule has 0 aliphatic heterocycles. The largest absolute Gasteiger partial charge is 0.489 e. The van der Waals surface area contributed by atoms with Gasteiger partial charge in [-0.3, -0.25) is 4.79 Å². The lowest BCUT2D eigenvalue weighted by Gasteiger charge is -2.27. The fourth-order valence-electron chi connectivity index (χ4n) is 4.94. The molecule has 0 saturated carbocycles. The van der Waals surface area contributed by atoms with E-state index in [0.29, 0.717) is 32.4 Å². The molecule has 1 aromatic heterocycles. The number of carboxylic acids is 1. The number of rotatable bonds is 14. The fourth-order valence-corrected chi connectivity index (χ4v) is 4.94. The van der Waals surface area contributed by atoms with Crippen LogP contribution in [0.1, 0.15) is 62.8 Å². The summed E-state index contributed by atoms with van der Waals surface area (Å²) in [5, 5.41) is 17.1. The molecule has 0 spiro atoms. The van der Waals surface area contributed by atoms with Crippen LogP contribution in [0.5, 0.6) is 5.75 Å². The van der Waals surface area contributed by atoms with Crippen molar-refractivity contribution < 1.29 is 24.2 Å². The van der Waals surface area contributed by atoms with Crippen molar-refractivity contribution in [2.24, 2.45) is 0 Å². The van der Waals surface area contributed by atoms with Crippen molar-refractivity contribution in [3.8, 4) is 5.75 Å². The van der Waals surface area contributed by atoms with Crippen LogP contribution in [0.3, 0.4) is 0 Å². The molecule has 0 aliphatic rings. The van der Waals surface area contributed by atoms with Crippen LogP contribution in [0.2, 0.25) is 0 Å². The number of nitrogens with one attached hydrogen (secondary N) is 3. The van der Waals surface area contributed by atoms with E-state index in [2.05, 4.69) is 21.7 Å². The molecule has 0 bridgehead atoms. The van der Waals surface area contributed by atoms with Crippen LogP contribution >= 0.6 is 0 Å². The molecule has 0 aliphatic carbocycles. The minimum absolute atomic E-state index is 0.0134. The summed E-state index contributed by atoms with van der Waals surface area (Å²) in [6.07, 6.45) is 3.23. The molecule has 8 heteroatoms. The zero-order valence-electron chi connectivity index (χ0n) is 24.6. The smallest absolute Gasteiger partial charge is 0.407 e. The summed E-state index contributed by atoms with van der Waals surface area (Å²) in [4.78, 5) is 27.4. The van der Waals surface area contributed by atoms with Crippen molar-refractivity contribution in [3.05, 3.63) is 102 Å². The third-order valence-electron chi connectivity index (χ3n) is 6.94. The molecule has 222 valence electrons. The maximum Gasteiger partial charge on any atom is 0.407 e. The fraction of sp³-hybridized carbons (Fsp3) is 0.353. The third-order valence-corrected chi connectivity index (χ3v) is 6.94. The maximum atomic E-state index is 12.6. The molecule has 2 atom stereocenters. The number of H-pyrrole nitrogens is 1. The molecule has 0 saturated heterocycles. The van der Waals surface area contributed by atoms with Gasteiger partial charge in [0.25, 0.3) is 0 Å². The van der Waals surface area contributed by atoms with Gasteiger partial charge in [0.2, 0.25) is 0 Å². The van der Waals surface area contributed by atoms with Gasteiger partial charge < -0.3 is 30.2 Å². The van der Waals surface area contributed by atoms with Crippen LogP contribution in [0.15, 0.2) is 85.1 Å². The molecule has 1 amide bonds. The van der Waals surface area contributed by atoms with Gasteiger partial charge in [-0.05, 0) is 68.9 Å². The van der Waals surface area contributed by atoms with Crippen molar-refractivity contribution in [3.63, 3.8) is 0 Å². The average Bonchev–Trinajstić information content (AvgIpc) is 3.39. The number of carboxylic acid groups (broad SMARTS) is 1. The van der Waals surface area contributed by atoms with Gasteiger partial charge in [0.1, 0.15) is 18.0 Å². The van der Waals surface area contributed by atoms with E-state index >= 15 is 0 Å². The van der Waals surface area contributed by atoms with Crippen LogP contribution in [-0.4, -0.2) is 40.3 Å². The summed E-state index contributed by atoms with van der Waals surface area (Å²) in [6, 6.07) is 25.6. The first-order chi connectivity index (χ1) is 20.2. The van der Waals surface area contributed by atoms with Crippen molar-refractivity contribution in [2.75, 3.05) is 6.54 Å². The second-order valence-electron chi connectivity index (χ2n) is 11.4. The number of benzene rings is 3. The van der Waals surface area contributed by atoms with Gasteiger partial charge in [-0.25, -0.2) is 4.79 Å². The lowest BCUT2D eigenvalue weighted by atomic mass is 9.98. The van der Waals surface area contributed by atoms with Crippen LogP contribution in [0.25, 0.3) is 10.9 Å². The highest BCUT2D eigenvalue weighted by Gasteiger charge is 2.23. The summed E-state index contributed by atoms with van der Waals surface area (Å²) in [5.74, 6) is -0.0335. The number of aryl methyl sites for hydroxylation is 1. The van der Waals surface area contributed by atoms with Crippen molar-refractivity contribution in [1.82, 2.24) is 15.6 Å². The number of hydrogen-bond donors (Lipinski definition) is 4. The zero-order chi connectivity index (χ0) is 30.0. The monoisotopic (exact) mass is 571 g/mol. The Labute approximate surface area is 247 Å². The molecular weight excluding hydrogens is 530 g/mol. The Balaban J connectivity index is 1.52. The minimum atomic E-state index is -0.852. The standard InChI is InChI=1S/C34H41N3O5/c1-34(2,3)42-33(40)36-21-26(18-17-25-13-7-10-16-31(25)41-23-24-11-5-4-6-12-24)37-30(19-20-32(38)39)28-22-35-29-15-9-8-14-27(28)29/h4-16,22,26,30,35,37H,17-21,23H2,1-3H3,(H,36,40)(H,38,39)/t26?,30-/m1/s1. The average molecular weight is 572 g/mol. The minimum Gasteiger partial charge on any atom is -0.489 e. The molecular formula is C34H41N3O5. The number of amides is 1. The number of alkyl carbamates (subject to hydrolysis) is 1. The highest BCUT2D eigenvalue weighted by atomic mass is 16.6. The van der Waals surface area contributed by atoms with E-state index in [1.807, 2.05) is 99.8 Å². The van der Waals surface area contributed by atoms with Gasteiger partial charge in [0.15, 0.2) is 0 Å². The van der Waals surface area contributed by atoms with Crippen LogP contribution in [-0.2, 0) is 22.6 Å². The Morgan fingerprint density at radius 3 is 2.40 bits per heavy atom. The number of carbonyl (C=O) groups is 2. The predicted molar refractivity (Wildman–Crippen MR) is 165 cm³/mol. The van der Waals surface area contributed by atoms with Crippen molar-refractivity contribution in [1.29, 1.82) is 0 Å². The molecule has 3 aromatic carbocycles. The summed E-state index contributed by atoms with van der Waals surface area (Å²) < 4.78 is 11.7. The van der Waals surface area contributed by atoms with Gasteiger partial charge in [0.05, 0.1) is 0 Å². The highest BCUT2D eigenvalue weighted by Crippen LogP contribution is 2.28. The SMILES string of the molecule is CC(C)(C)OC(=O)NCC(CCc1ccccc1OCc1ccccc1)N[C@H](CCC(=O)O)c1c[nH]c2ccccc12. The second-order valence-corrected chi connectivity index (χ2v) is 11.4. The van der Waals surface area contributed by atoms with Gasteiger partial charge >= 0.3 is 12.1 Å². The highest BCUT2D eigenvalue weighted by molar-refractivity contribution is 5.83. The van der Waals surface area contributed by atoms with Crippen molar-refractivity contribution in [2.45, 2.75) is 70.7 Å². The number of ether oxygens (including phenoxy) is 2. The molecule has 0 radical (unpaired) electrons. The van der Waals surface area contributed by atoms with E-state index in [1.165, 1.54) is 0 Å². The van der Waals surface area contributed by atoms with Crippen molar-refractivity contribution >= 4 is 23.0 Å². The Bertz CT molecular complexity index is 1440. The molecule has 4 N–H and O–H groups in total. The Morgan fingerprint density at radius 2 is 1.64 bits per heavy atom. The first kappa shape index (κ1) is 30.7. The number of aliphatic carboxylic acids is 1. The Kier molecular flexibility index (Phi) is 10.6. The van der Waals surface area contributed by atoms with E-state index < -0.39 is 17.7 Å². The van der Waals surface area contributed by atoms with E-state index in [0.717, 1.165) is 33.3 Å². The Hall–Kier alpha value is -4.30. The number of aromatic nitrogens is 1. The maximum absolute atomic E-state index is 12.6. The Morgan fingerprint density at radius 1 is 0.929 bits per heavy atom. The molecule has 0 fully saturated rings. The number of fused-ring (bicyclic) bond motifs is 1. The van der Waals surface area contributed by atoms with Crippen LogP contribution < -0.4 is 15.4 Å². The van der Waals surface area contributed by atoms with E-state index in [4.69, 9.17) is 9.47 Å². The summed E-state index contributed by atoms with van der Waals surface area (Å²) in [6.45, 7) is 6.26. The van der Waals surface area contributed by atoms with Crippen LogP contribution in [0, 0.1) is 0 Å². The first-order valence-electron chi connectivity index (χ1n) is 14.4. The van der Waals surface area contributed by atoms with E-state index in [-0.39, 0.29) is 18.5 Å². The normalized spacial score (nSPS) is 12.9. The van der Waals surface area contributed by atoms with E-state index in [9.17, 15) is 14.7 Å². The lowest BCUT2D eigenvalue weighted by Crippen LogP contribution is -2.44. The number of aromatic amines is 1. The quantitative estimate of drug-likeness (QED) is 0.133. The summed E-state index contributed by atoms with van der Waals surface area (Å²) in [5.41, 5.74) is 3.53. The molecule has 42 heavy (non-hydrogen) atoms. The lowest BCUT2D eigenvalue weighted by molar-refractivity contribution is -0.137. The predicted octanol–water partition coefficient (Wildman–Crippen LogP) is 6.77. The summed E-state index contributed by atoms with van der Waals surface area (Å²) in [7, 11) is 0. The van der Waals surface area contributed by atoms with Gasteiger partial charge in [-0.15, -0.1) is 0 Å². The molecule has 4 rings (SSSR count). The number of carbonyl (C=O) groups excluding carboxylic acids is 1. The van der Waals surface area contributed by atoms with Gasteiger partial charge in [0, 0.05) is 42.1 Å². The topological polar surface area (TPSA) is 113 Å². The summed E-state index contributed by atoms with van der Waals surface area (Å²) >= 11 is 0. The molecule has 1 heterocycles. The molecule has 1 unspecified atom stereocenters. The molecule has 8 nitrogen and oxygen atoms in total. The van der Waals surface area contributed by atoms with Gasteiger partial charge in [-0.1, -0.05) is 66.7 Å². The first-order valence-corrected chi connectivity index (χ1v) is 14.4. The van der Waals surface area contributed by atoms with Crippen LogP contribution in [0.4, 0.5) is 4.79 Å². The number of hydrogen-bond acceptors (Lipinski definition) is 5. The van der Waals surface area contributed by atoms with E-state index in [1.54, 1.807) is 0 Å².